The third-order valence-corrected chi connectivity index (χ3v) is 4.64. The second kappa shape index (κ2) is 9.40. The van der Waals surface area contributed by atoms with Crippen LogP contribution in [0.1, 0.15) is 22.3 Å². The predicted molar refractivity (Wildman–Crippen MR) is 116 cm³/mol. The molecule has 2 N–H and O–H groups in total. The summed E-state index contributed by atoms with van der Waals surface area (Å²) in [6.45, 7) is 0. The van der Waals surface area contributed by atoms with Crippen molar-refractivity contribution in [3.05, 3.63) is 82.9 Å². The molecule has 0 aliphatic heterocycles. The topological polar surface area (TPSA) is 65.2 Å². The van der Waals surface area contributed by atoms with Crippen LogP contribution in [0.25, 0.3) is 0 Å². The second-order valence-electron chi connectivity index (χ2n) is 6.09. The maximum atomic E-state index is 9.95. The molecule has 0 atom stereocenters. The molecular formula is C22H18Cl2N2O2. The van der Waals surface area contributed by atoms with Gasteiger partial charge in [0.25, 0.3) is 0 Å². The Kier molecular flexibility index (Phi) is 6.69. The van der Waals surface area contributed by atoms with Crippen LogP contribution < -0.4 is 0 Å². The van der Waals surface area contributed by atoms with Gasteiger partial charge in [-0.05, 0) is 53.6 Å². The average Bonchev–Trinajstić information content (AvgIpc) is 2.73. The Bertz CT molecular complexity index is 954. The van der Waals surface area contributed by atoms with Crippen LogP contribution in [0.4, 0.5) is 11.4 Å². The van der Waals surface area contributed by atoms with Gasteiger partial charge in [0.1, 0.15) is 11.5 Å². The van der Waals surface area contributed by atoms with Gasteiger partial charge in [0.05, 0.1) is 11.4 Å². The van der Waals surface area contributed by atoms with Gasteiger partial charge in [0, 0.05) is 35.3 Å². The van der Waals surface area contributed by atoms with Crippen LogP contribution in [0.3, 0.4) is 0 Å². The molecule has 0 saturated heterocycles. The molecule has 0 bridgehead atoms. The van der Waals surface area contributed by atoms with Crippen molar-refractivity contribution in [3.63, 3.8) is 0 Å². The molecule has 0 fully saturated rings. The van der Waals surface area contributed by atoms with Crippen LogP contribution in [0.5, 0.6) is 11.5 Å². The Labute approximate surface area is 173 Å². The van der Waals surface area contributed by atoms with Crippen molar-refractivity contribution in [3.8, 4) is 11.5 Å². The summed E-state index contributed by atoms with van der Waals surface area (Å²) in [5.74, 6) is 1.01. The number of halogens is 2. The van der Waals surface area contributed by atoms with E-state index in [4.69, 9.17) is 23.2 Å². The number of nitrogens with zero attached hydrogens (tertiary/aromatic N) is 2. The van der Waals surface area contributed by atoms with E-state index in [1.807, 2.05) is 18.2 Å². The van der Waals surface area contributed by atoms with Crippen LogP contribution in [0.2, 0.25) is 0 Å². The highest BCUT2D eigenvalue weighted by Gasteiger charge is 2.02. The minimum atomic E-state index is 0.140. The van der Waals surface area contributed by atoms with Gasteiger partial charge < -0.3 is 10.2 Å². The lowest BCUT2D eigenvalue weighted by Crippen LogP contribution is -1.86. The van der Waals surface area contributed by atoms with Crippen LogP contribution >= 0.6 is 23.2 Å². The van der Waals surface area contributed by atoms with Crippen molar-refractivity contribution in [2.75, 3.05) is 0 Å². The highest BCUT2D eigenvalue weighted by Crippen LogP contribution is 2.24. The van der Waals surface area contributed by atoms with Gasteiger partial charge in [-0.3, -0.25) is 9.98 Å². The summed E-state index contributed by atoms with van der Waals surface area (Å²) in [5.41, 5.74) is 4.36. The molecule has 142 valence electrons. The Morgan fingerprint density at radius 2 is 1.14 bits per heavy atom. The lowest BCUT2D eigenvalue weighted by Gasteiger charge is -2.02. The molecule has 0 aliphatic rings. The van der Waals surface area contributed by atoms with Gasteiger partial charge in [-0.2, -0.15) is 0 Å². The Morgan fingerprint density at radius 3 is 1.57 bits per heavy atom. The van der Waals surface area contributed by atoms with Gasteiger partial charge in [-0.1, -0.05) is 18.2 Å². The van der Waals surface area contributed by atoms with Gasteiger partial charge in [-0.15, -0.1) is 23.2 Å². The minimum Gasteiger partial charge on any atom is -0.507 e. The summed E-state index contributed by atoms with van der Waals surface area (Å²) < 4.78 is 0. The molecule has 0 saturated carbocycles. The molecule has 0 aromatic heterocycles. The molecule has 4 nitrogen and oxygen atoms in total. The Balaban J connectivity index is 1.81. The van der Waals surface area contributed by atoms with E-state index in [0.717, 1.165) is 11.1 Å². The molecule has 3 rings (SSSR count). The standard InChI is InChI=1S/C22H18Cl2N2O2/c23-11-15-4-6-21(27)17(8-15)13-25-19-2-1-3-20(10-19)26-14-18-9-16(12-24)5-7-22(18)28/h1-10,13-14,27-28H,11-12H2. The molecule has 3 aromatic rings. The highest BCUT2D eigenvalue weighted by molar-refractivity contribution is 6.17. The normalized spacial score (nSPS) is 11.5. The zero-order valence-electron chi connectivity index (χ0n) is 14.9. The third-order valence-electron chi connectivity index (χ3n) is 4.03. The number of rotatable bonds is 6. The molecule has 28 heavy (non-hydrogen) atoms. The number of hydrogen-bond donors (Lipinski definition) is 2. The van der Waals surface area contributed by atoms with Crippen molar-refractivity contribution >= 4 is 47.0 Å². The Hall–Kier alpha value is -2.82. The second-order valence-corrected chi connectivity index (χ2v) is 6.62. The predicted octanol–water partition coefficient (Wildman–Crippen LogP) is 6.08. The summed E-state index contributed by atoms with van der Waals surface area (Å²) in [7, 11) is 0. The smallest absolute Gasteiger partial charge is 0.124 e. The first-order chi connectivity index (χ1) is 13.6. The van der Waals surface area contributed by atoms with E-state index in [2.05, 4.69) is 9.98 Å². The number of benzene rings is 3. The van der Waals surface area contributed by atoms with Crippen molar-refractivity contribution in [2.45, 2.75) is 11.8 Å². The molecule has 0 spiro atoms. The number of phenols is 2. The third kappa shape index (κ3) is 5.12. The maximum Gasteiger partial charge on any atom is 0.124 e. The van der Waals surface area contributed by atoms with Gasteiger partial charge in [0.2, 0.25) is 0 Å². The molecule has 0 aliphatic carbocycles. The first kappa shape index (κ1) is 19.9. The van der Waals surface area contributed by atoms with E-state index in [-0.39, 0.29) is 11.5 Å². The van der Waals surface area contributed by atoms with E-state index in [9.17, 15) is 10.2 Å². The molecule has 3 aromatic carbocycles. The van der Waals surface area contributed by atoms with Crippen LogP contribution in [0.15, 0.2) is 70.6 Å². The number of alkyl halides is 2. The van der Waals surface area contributed by atoms with Crippen molar-refractivity contribution < 1.29 is 10.2 Å². The van der Waals surface area contributed by atoms with Gasteiger partial charge in [0.15, 0.2) is 0 Å². The van der Waals surface area contributed by atoms with Crippen molar-refractivity contribution in [1.82, 2.24) is 0 Å². The Morgan fingerprint density at radius 1 is 0.679 bits per heavy atom. The zero-order valence-corrected chi connectivity index (χ0v) is 16.4. The van der Waals surface area contributed by atoms with Gasteiger partial charge in [-0.25, -0.2) is 0 Å². The quantitative estimate of drug-likeness (QED) is 0.380. The van der Waals surface area contributed by atoms with E-state index in [1.165, 1.54) is 0 Å². The highest BCUT2D eigenvalue weighted by atomic mass is 35.5. The van der Waals surface area contributed by atoms with E-state index >= 15 is 0 Å². The lowest BCUT2D eigenvalue weighted by atomic mass is 10.1. The number of aromatic hydroxyl groups is 2. The summed E-state index contributed by atoms with van der Waals surface area (Å²) in [6, 6.07) is 17.6. The number of aliphatic imine (C=N–C) groups is 2. The molecular weight excluding hydrogens is 395 g/mol. The zero-order chi connectivity index (χ0) is 19.9. The monoisotopic (exact) mass is 412 g/mol. The summed E-state index contributed by atoms with van der Waals surface area (Å²) >= 11 is 11.7. The SMILES string of the molecule is Oc1ccc(CCl)cc1C=Nc1cccc(N=Cc2cc(CCl)ccc2O)c1. The molecule has 0 heterocycles. The van der Waals surface area contributed by atoms with Crippen LogP contribution in [0, 0.1) is 0 Å². The van der Waals surface area contributed by atoms with Crippen LogP contribution in [-0.4, -0.2) is 22.6 Å². The van der Waals surface area contributed by atoms with Crippen molar-refractivity contribution in [2.24, 2.45) is 9.98 Å². The fourth-order valence-electron chi connectivity index (χ4n) is 2.52. The molecule has 6 heteroatoms. The van der Waals surface area contributed by atoms with Crippen molar-refractivity contribution in [1.29, 1.82) is 0 Å². The largest absolute Gasteiger partial charge is 0.507 e. The minimum absolute atomic E-state index is 0.140. The van der Waals surface area contributed by atoms with E-state index < -0.39 is 0 Å². The molecule has 0 amide bonds. The summed E-state index contributed by atoms with van der Waals surface area (Å²) in [5, 5.41) is 19.9. The maximum absolute atomic E-state index is 9.95. The lowest BCUT2D eigenvalue weighted by molar-refractivity contribution is 0.474. The number of hydrogen-bond acceptors (Lipinski definition) is 4. The van der Waals surface area contributed by atoms with E-state index in [0.29, 0.717) is 34.3 Å². The summed E-state index contributed by atoms with van der Waals surface area (Å²) in [4.78, 5) is 8.81. The fourth-order valence-corrected chi connectivity index (χ4v) is 2.86. The summed E-state index contributed by atoms with van der Waals surface area (Å²) in [6.07, 6.45) is 3.17. The van der Waals surface area contributed by atoms with Crippen LogP contribution in [-0.2, 0) is 11.8 Å². The average molecular weight is 413 g/mol. The fraction of sp³-hybridized carbons (Fsp3) is 0.0909. The van der Waals surface area contributed by atoms with Gasteiger partial charge >= 0.3 is 0 Å². The first-order valence-corrected chi connectivity index (χ1v) is 9.60. The van der Waals surface area contributed by atoms with E-state index in [1.54, 1.807) is 54.9 Å². The first-order valence-electron chi connectivity index (χ1n) is 8.53. The number of phenolic OH excluding ortho intramolecular Hbond substituents is 2. The molecule has 0 radical (unpaired) electrons. The molecule has 0 unspecified atom stereocenters.